The molecule has 0 unspecified atom stereocenters. The second-order valence-electron chi connectivity index (χ2n) is 7.61. The maximum Gasteiger partial charge on any atom is 1.00 e. The van der Waals surface area contributed by atoms with Gasteiger partial charge in [-0.1, -0.05) is 108 Å². The summed E-state index contributed by atoms with van der Waals surface area (Å²) in [5, 5.41) is 0. The molecule has 196 valence electrons. The average molecular weight is 563 g/mol. The molecular formula is C25H40Na2O7S2. The van der Waals surface area contributed by atoms with Crippen LogP contribution >= 0.6 is 0 Å². The Balaban J connectivity index is -0.000000203. The third-order valence-corrected chi connectivity index (χ3v) is 3.93. The fourth-order valence-electron chi connectivity index (χ4n) is 2.50. The second kappa shape index (κ2) is 28.1. The molecule has 2 rings (SSSR count). The SMILES string of the molecule is CCCCCCCCCCC.CS(=O)(=O)[O-].CS(=O)(=O)[O-].[Na+].[Na+].c1ccc(Oc2ccccc2)cc1. The van der Waals surface area contributed by atoms with Crippen LogP contribution in [-0.4, -0.2) is 38.5 Å². The van der Waals surface area contributed by atoms with E-state index in [2.05, 4.69) is 13.8 Å². The van der Waals surface area contributed by atoms with E-state index in [0.29, 0.717) is 12.5 Å². The van der Waals surface area contributed by atoms with E-state index in [1.165, 1.54) is 57.8 Å². The predicted molar refractivity (Wildman–Crippen MR) is 137 cm³/mol. The van der Waals surface area contributed by atoms with Gasteiger partial charge < -0.3 is 13.8 Å². The Morgan fingerprint density at radius 3 is 1.00 bits per heavy atom. The molecule has 0 radical (unpaired) electrons. The smallest absolute Gasteiger partial charge is 0.748 e. The van der Waals surface area contributed by atoms with Crippen LogP contribution in [0.5, 0.6) is 11.5 Å². The topological polar surface area (TPSA) is 124 Å². The minimum Gasteiger partial charge on any atom is -0.748 e. The molecule has 0 aromatic heterocycles. The molecule has 0 N–H and O–H groups in total. The molecule has 0 aliphatic carbocycles. The maximum atomic E-state index is 9.08. The van der Waals surface area contributed by atoms with Crippen molar-refractivity contribution in [1.29, 1.82) is 0 Å². The van der Waals surface area contributed by atoms with Crippen LogP contribution in [0.1, 0.15) is 71.6 Å². The van der Waals surface area contributed by atoms with Crippen molar-refractivity contribution in [2.45, 2.75) is 71.6 Å². The summed E-state index contributed by atoms with van der Waals surface area (Å²) < 4.78 is 60.0. The van der Waals surface area contributed by atoms with Gasteiger partial charge in [0, 0.05) is 12.5 Å². The number of unbranched alkanes of at least 4 members (excludes halogenated alkanes) is 8. The summed E-state index contributed by atoms with van der Waals surface area (Å²) in [7, 11) is -7.83. The number of hydrogen-bond donors (Lipinski definition) is 0. The van der Waals surface area contributed by atoms with Gasteiger partial charge >= 0.3 is 59.1 Å². The Bertz CT molecular complexity index is 818. The summed E-state index contributed by atoms with van der Waals surface area (Å²) in [5.41, 5.74) is 0. The third kappa shape index (κ3) is 47.3. The molecule has 0 bridgehead atoms. The van der Waals surface area contributed by atoms with Crippen molar-refractivity contribution in [2.24, 2.45) is 0 Å². The number of para-hydroxylation sites is 2. The van der Waals surface area contributed by atoms with E-state index < -0.39 is 20.2 Å². The zero-order valence-electron chi connectivity index (χ0n) is 22.8. The molecule has 11 heteroatoms. The van der Waals surface area contributed by atoms with Crippen molar-refractivity contribution in [1.82, 2.24) is 0 Å². The molecule has 0 spiro atoms. The van der Waals surface area contributed by atoms with Crippen LogP contribution in [0, 0.1) is 0 Å². The van der Waals surface area contributed by atoms with Gasteiger partial charge in [-0.3, -0.25) is 0 Å². The summed E-state index contributed by atoms with van der Waals surface area (Å²) in [6.07, 6.45) is 14.2. The van der Waals surface area contributed by atoms with Gasteiger partial charge in [0.2, 0.25) is 0 Å². The Morgan fingerprint density at radius 2 is 0.778 bits per heavy atom. The van der Waals surface area contributed by atoms with E-state index in [-0.39, 0.29) is 59.1 Å². The van der Waals surface area contributed by atoms with E-state index in [1.54, 1.807) is 0 Å². The Morgan fingerprint density at radius 1 is 0.556 bits per heavy atom. The van der Waals surface area contributed by atoms with Crippen molar-refractivity contribution >= 4 is 20.2 Å². The number of rotatable bonds is 10. The minimum absolute atomic E-state index is 0. The summed E-state index contributed by atoms with van der Waals surface area (Å²) in [4.78, 5) is 0. The van der Waals surface area contributed by atoms with Gasteiger partial charge in [0.25, 0.3) is 0 Å². The van der Waals surface area contributed by atoms with E-state index >= 15 is 0 Å². The Kier molecular flexibility index (Phi) is 33.6. The van der Waals surface area contributed by atoms with E-state index in [0.717, 1.165) is 11.5 Å². The van der Waals surface area contributed by atoms with E-state index in [1.807, 2.05) is 60.7 Å². The molecule has 0 atom stereocenters. The van der Waals surface area contributed by atoms with Gasteiger partial charge in [-0.2, -0.15) is 0 Å². The van der Waals surface area contributed by atoms with Crippen LogP contribution in [0.4, 0.5) is 0 Å². The normalized spacial score (nSPS) is 9.83. The largest absolute Gasteiger partial charge is 1.00 e. The van der Waals surface area contributed by atoms with Gasteiger partial charge in [0.05, 0.1) is 20.2 Å². The monoisotopic (exact) mass is 562 g/mol. The number of benzene rings is 2. The Labute approximate surface area is 263 Å². The zero-order valence-corrected chi connectivity index (χ0v) is 28.4. The first kappa shape index (κ1) is 43.1. The average Bonchev–Trinajstić information content (AvgIpc) is 2.73. The third-order valence-electron chi connectivity index (χ3n) is 3.93. The van der Waals surface area contributed by atoms with Crippen molar-refractivity contribution in [3.8, 4) is 11.5 Å². The van der Waals surface area contributed by atoms with Crippen LogP contribution in [0.3, 0.4) is 0 Å². The molecule has 0 aliphatic heterocycles. The molecule has 0 saturated heterocycles. The standard InChI is InChI=1S/C12H10O.C11H24.2CH4O3S.2Na/c1-3-7-11(8-4-1)13-12-9-5-2-6-10-12;1-3-5-7-9-11-10-8-6-4-2;2*1-5(2,3)4;;/h1-10H;3-11H2,1-2H3;2*1H3,(H,2,3,4);;/q;;;;2*+1/p-2. The summed E-state index contributed by atoms with van der Waals surface area (Å²) in [6.45, 7) is 4.55. The molecule has 36 heavy (non-hydrogen) atoms. The first-order valence-electron chi connectivity index (χ1n) is 11.5. The van der Waals surface area contributed by atoms with Crippen molar-refractivity contribution in [2.75, 3.05) is 12.5 Å². The summed E-state index contributed by atoms with van der Waals surface area (Å²) in [6, 6.07) is 19.5. The molecule has 0 saturated carbocycles. The van der Waals surface area contributed by atoms with Crippen molar-refractivity contribution < 1.29 is 89.8 Å². The van der Waals surface area contributed by atoms with Gasteiger partial charge in [0.1, 0.15) is 11.5 Å². The van der Waals surface area contributed by atoms with Crippen LogP contribution in [0.15, 0.2) is 60.7 Å². The second-order valence-corrected chi connectivity index (χ2v) is 10.4. The fourth-order valence-corrected chi connectivity index (χ4v) is 2.50. The number of ether oxygens (including phenoxy) is 1. The zero-order chi connectivity index (χ0) is 26.3. The van der Waals surface area contributed by atoms with Crippen molar-refractivity contribution in [3.05, 3.63) is 60.7 Å². The van der Waals surface area contributed by atoms with Gasteiger partial charge in [-0.25, -0.2) is 16.8 Å². The molecule has 7 nitrogen and oxygen atoms in total. The first-order valence-corrected chi connectivity index (χ1v) is 15.1. The quantitative estimate of drug-likeness (QED) is 0.233. The van der Waals surface area contributed by atoms with Crippen LogP contribution < -0.4 is 63.9 Å². The first-order chi connectivity index (χ1) is 15.9. The van der Waals surface area contributed by atoms with Crippen LogP contribution in [-0.2, 0) is 20.2 Å². The van der Waals surface area contributed by atoms with Crippen molar-refractivity contribution in [3.63, 3.8) is 0 Å². The number of hydrogen-bond acceptors (Lipinski definition) is 7. The minimum atomic E-state index is -3.92. The molecule has 0 aliphatic rings. The molecule has 0 amide bonds. The summed E-state index contributed by atoms with van der Waals surface area (Å²) in [5.74, 6) is 1.74. The predicted octanol–water partition coefficient (Wildman–Crippen LogP) is 0.347. The van der Waals surface area contributed by atoms with E-state index in [4.69, 9.17) is 30.7 Å². The fraction of sp³-hybridized carbons (Fsp3) is 0.520. The van der Waals surface area contributed by atoms with Gasteiger partial charge in [-0.15, -0.1) is 0 Å². The molecule has 2 aromatic rings. The molecule has 0 fully saturated rings. The van der Waals surface area contributed by atoms with Gasteiger partial charge in [0.15, 0.2) is 0 Å². The summed E-state index contributed by atoms with van der Waals surface area (Å²) >= 11 is 0. The van der Waals surface area contributed by atoms with Gasteiger partial charge in [-0.05, 0) is 24.3 Å². The molecular weight excluding hydrogens is 522 g/mol. The molecule has 2 aromatic carbocycles. The maximum absolute atomic E-state index is 9.08. The van der Waals surface area contributed by atoms with Crippen LogP contribution in [0.25, 0.3) is 0 Å². The van der Waals surface area contributed by atoms with Crippen LogP contribution in [0.2, 0.25) is 0 Å². The van der Waals surface area contributed by atoms with E-state index in [9.17, 15) is 0 Å². The Hall–Kier alpha value is 0.0600. The molecule has 0 heterocycles.